The molecular weight excluding hydrogens is 359 g/mol. The molecule has 5 nitrogen and oxygen atoms in total. The minimum atomic E-state index is -4.59. The van der Waals surface area contributed by atoms with Gasteiger partial charge >= 0.3 is 6.18 Å². The molecule has 0 atom stereocenters. The number of hydrogen-bond donors (Lipinski definition) is 1. The van der Waals surface area contributed by atoms with E-state index in [1.807, 2.05) is 0 Å². The van der Waals surface area contributed by atoms with Gasteiger partial charge < -0.3 is 10.1 Å². The molecule has 2 aromatic rings. The highest BCUT2D eigenvalue weighted by molar-refractivity contribution is 6.31. The number of nitrogens with one attached hydrogen (secondary N) is 1. The Morgan fingerprint density at radius 2 is 2.04 bits per heavy atom. The molecule has 0 saturated carbocycles. The van der Waals surface area contributed by atoms with Crippen LogP contribution in [-0.2, 0) is 12.7 Å². The van der Waals surface area contributed by atoms with Crippen molar-refractivity contribution in [3.63, 3.8) is 0 Å². The van der Waals surface area contributed by atoms with E-state index in [0.29, 0.717) is 17.7 Å². The van der Waals surface area contributed by atoms with Gasteiger partial charge in [0.1, 0.15) is 5.75 Å². The van der Waals surface area contributed by atoms with Crippen molar-refractivity contribution in [3.05, 3.63) is 46.2 Å². The van der Waals surface area contributed by atoms with Crippen molar-refractivity contribution in [2.45, 2.75) is 26.1 Å². The standard InChI is InChI=1S/C16H17ClF3N3O2/c1-10-13(17)14(16(18,19)20)22-23(10)9-5-8-21-15(24)11-6-3-4-7-12(11)25-2/h3-4,6-7H,5,8-9H2,1-2H3,(H,21,24). The molecule has 0 aliphatic rings. The Morgan fingerprint density at radius 1 is 1.36 bits per heavy atom. The van der Waals surface area contributed by atoms with Gasteiger partial charge in [-0.25, -0.2) is 0 Å². The number of rotatable bonds is 6. The molecule has 1 aromatic heterocycles. The van der Waals surface area contributed by atoms with E-state index in [0.717, 1.165) is 0 Å². The van der Waals surface area contributed by atoms with Gasteiger partial charge in [-0.15, -0.1) is 0 Å². The van der Waals surface area contributed by atoms with E-state index < -0.39 is 16.9 Å². The molecule has 2 rings (SSSR count). The number of methoxy groups -OCH3 is 1. The van der Waals surface area contributed by atoms with Crippen molar-refractivity contribution in [3.8, 4) is 5.75 Å². The van der Waals surface area contributed by atoms with E-state index >= 15 is 0 Å². The summed E-state index contributed by atoms with van der Waals surface area (Å²) in [5.41, 5.74) is -0.461. The summed E-state index contributed by atoms with van der Waals surface area (Å²) in [7, 11) is 1.47. The molecule has 0 aliphatic heterocycles. The minimum Gasteiger partial charge on any atom is -0.496 e. The molecule has 0 bridgehead atoms. The summed E-state index contributed by atoms with van der Waals surface area (Å²) in [6.07, 6.45) is -4.19. The molecule has 1 N–H and O–H groups in total. The van der Waals surface area contributed by atoms with Gasteiger partial charge in [-0.3, -0.25) is 9.48 Å². The molecule has 0 unspecified atom stereocenters. The summed E-state index contributed by atoms with van der Waals surface area (Å²) in [4.78, 5) is 12.1. The topological polar surface area (TPSA) is 56.1 Å². The first kappa shape index (κ1) is 19.1. The van der Waals surface area contributed by atoms with Crippen molar-refractivity contribution < 1.29 is 22.7 Å². The van der Waals surface area contributed by atoms with Crippen molar-refractivity contribution in [1.82, 2.24) is 15.1 Å². The number of nitrogens with zero attached hydrogens (tertiary/aromatic N) is 2. The van der Waals surface area contributed by atoms with E-state index in [1.165, 1.54) is 18.7 Å². The quantitative estimate of drug-likeness (QED) is 0.783. The third-order valence-electron chi connectivity index (χ3n) is 3.59. The highest BCUT2D eigenvalue weighted by Crippen LogP contribution is 2.35. The lowest BCUT2D eigenvalue weighted by atomic mass is 10.2. The van der Waals surface area contributed by atoms with Crippen LogP contribution in [0.1, 0.15) is 28.2 Å². The fraction of sp³-hybridized carbons (Fsp3) is 0.375. The van der Waals surface area contributed by atoms with Gasteiger partial charge in [-0.05, 0) is 25.5 Å². The number of aryl methyl sites for hydroxylation is 1. The van der Waals surface area contributed by atoms with Crippen LogP contribution in [0, 0.1) is 6.92 Å². The predicted molar refractivity (Wildman–Crippen MR) is 86.9 cm³/mol. The summed E-state index contributed by atoms with van der Waals surface area (Å²) in [5, 5.41) is 5.81. The Kier molecular flexibility index (Phi) is 5.94. The zero-order chi connectivity index (χ0) is 18.6. The Hall–Kier alpha value is -2.22. The number of hydrogen-bond acceptors (Lipinski definition) is 3. The predicted octanol–water partition coefficient (Wildman–Crippen LogP) is 3.69. The van der Waals surface area contributed by atoms with Gasteiger partial charge in [0.05, 0.1) is 23.4 Å². The van der Waals surface area contributed by atoms with Crippen LogP contribution >= 0.6 is 11.6 Å². The summed E-state index contributed by atoms with van der Waals surface area (Å²) >= 11 is 5.69. The van der Waals surface area contributed by atoms with Crippen LogP contribution in [-0.4, -0.2) is 29.3 Å². The fourth-order valence-electron chi connectivity index (χ4n) is 2.28. The molecule has 0 saturated heterocycles. The summed E-state index contributed by atoms with van der Waals surface area (Å²) in [6, 6.07) is 6.76. The lowest BCUT2D eigenvalue weighted by molar-refractivity contribution is -0.141. The van der Waals surface area contributed by atoms with Gasteiger partial charge in [0.25, 0.3) is 5.91 Å². The monoisotopic (exact) mass is 375 g/mol. The van der Waals surface area contributed by atoms with Crippen molar-refractivity contribution in [2.75, 3.05) is 13.7 Å². The summed E-state index contributed by atoms with van der Waals surface area (Å²) < 4.78 is 44.6. The second-order valence-corrected chi connectivity index (χ2v) is 5.66. The lowest BCUT2D eigenvalue weighted by Crippen LogP contribution is -2.26. The smallest absolute Gasteiger partial charge is 0.436 e. The average molecular weight is 376 g/mol. The zero-order valence-corrected chi connectivity index (χ0v) is 14.4. The molecule has 1 aromatic carbocycles. The first-order valence-corrected chi connectivity index (χ1v) is 7.84. The van der Waals surface area contributed by atoms with Gasteiger partial charge in [0.2, 0.25) is 0 Å². The maximum absolute atomic E-state index is 12.8. The number of carbonyl (C=O) groups is 1. The lowest BCUT2D eigenvalue weighted by Gasteiger charge is -2.09. The number of amides is 1. The highest BCUT2D eigenvalue weighted by Gasteiger charge is 2.38. The van der Waals surface area contributed by atoms with Crippen LogP contribution in [0.2, 0.25) is 5.02 Å². The van der Waals surface area contributed by atoms with Crippen LogP contribution < -0.4 is 10.1 Å². The van der Waals surface area contributed by atoms with Gasteiger partial charge in [-0.2, -0.15) is 18.3 Å². The largest absolute Gasteiger partial charge is 0.496 e. The van der Waals surface area contributed by atoms with Crippen LogP contribution in [0.3, 0.4) is 0 Å². The van der Waals surface area contributed by atoms with E-state index in [2.05, 4.69) is 10.4 Å². The maximum atomic E-state index is 12.8. The SMILES string of the molecule is COc1ccccc1C(=O)NCCCn1nc(C(F)(F)F)c(Cl)c1C. The molecular formula is C16H17ClF3N3O2. The number of halogens is 4. The first-order chi connectivity index (χ1) is 11.8. The Morgan fingerprint density at radius 3 is 2.64 bits per heavy atom. The first-order valence-electron chi connectivity index (χ1n) is 7.47. The number of para-hydroxylation sites is 1. The Balaban J connectivity index is 1.93. The van der Waals surface area contributed by atoms with E-state index in [-0.39, 0.29) is 24.7 Å². The molecule has 136 valence electrons. The minimum absolute atomic E-state index is 0.202. The molecule has 1 amide bonds. The number of carbonyl (C=O) groups excluding carboxylic acids is 1. The second-order valence-electron chi connectivity index (χ2n) is 5.28. The van der Waals surface area contributed by atoms with Gasteiger partial charge in [0.15, 0.2) is 5.69 Å². The van der Waals surface area contributed by atoms with E-state index in [9.17, 15) is 18.0 Å². The molecule has 0 radical (unpaired) electrons. The van der Waals surface area contributed by atoms with Crippen molar-refractivity contribution in [1.29, 1.82) is 0 Å². The third-order valence-corrected chi connectivity index (χ3v) is 4.04. The number of ether oxygens (including phenoxy) is 1. The van der Waals surface area contributed by atoms with Crippen LogP contribution in [0.25, 0.3) is 0 Å². The molecule has 25 heavy (non-hydrogen) atoms. The van der Waals surface area contributed by atoms with Gasteiger partial charge in [0, 0.05) is 13.1 Å². The highest BCUT2D eigenvalue weighted by atomic mass is 35.5. The molecule has 0 aliphatic carbocycles. The van der Waals surface area contributed by atoms with Crippen molar-refractivity contribution in [2.24, 2.45) is 0 Å². The van der Waals surface area contributed by atoms with Crippen LogP contribution in [0.15, 0.2) is 24.3 Å². The number of alkyl halides is 3. The maximum Gasteiger partial charge on any atom is 0.436 e. The second kappa shape index (κ2) is 7.77. The molecule has 9 heteroatoms. The average Bonchev–Trinajstić information content (AvgIpc) is 2.86. The molecule has 1 heterocycles. The fourth-order valence-corrected chi connectivity index (χ4v) is 2.52. The Bertz CT molecular complexity index is 760. The van der Waals surface area contributed by atoms with E-state index in [4.69, 9.17) is 16.3 Å². The van der Waals surface area contributed by atoms with Crippen LogP contribution in [0.5, 0.6) is 5.75 Å². The zero-order valence-electron chi connectivity index (χ0n) is 13.7. The van der Waals surface area contributed by atoms with Crippen molar-refractivity contribution >= 4 is 17.5 Å². The Labute approximate surface area is 147 Å². The number of benzene rings is 1. The number of aromatic nitrogens is 2. The van der Waals surface area contributed by atoms with Crippen LogP contribution in [0.4, 0.5) is 13.2 Å². The normalized spacial score (nSPS) is 11.4. The molecule has 0 spiro atoms. The van der Waals surface area contributed by atoms with Gasteiger partial charge in [-0.1, -0.05) is 23.7 Å². The summed E-state index contributed by atoms with van der Waals surface area (Å²) in [5.74, 6) is 0.133. The third kappa shape index (κ3) is 4.45. The summed E-state index contributed by atoms with van der Waals surface area (Å²) in [6.45, 7) is 1.95. The molecule has 0 fully saturated rings. The van der Waals surface area contributed by atoms with E-state index in [1.54, 1.807) is 24.3 Å².